The molecule has 0 spiro atoms. The highest BCUT2D eigenvalue weighted by Crippen LogP contribution is 2.33. The van der Waals surface area contributed by atoms with E-state index in [-0.39, 0.29) is 11.4 Å². The highest BCUT2D eigenvalue weighted by Gasteiger charge is 2.15. The Bertz CT molecular complexity index is 1150. The normalized spacial score (nSPS) is 12.2. The summed E-state index contributed by atoms with van der Waals surface area (Å²) < 4.78 is 5.44. The van der Waals surface area contributed by atoms with Crippen molar-refractivity contribution in [2.24, 2.45) is 0 Å². The molecule has 0 saturated carbocycles. The molecule has 0 saturated heterocycles. The van der Waals surface area contributed by atoms with Gasteiger partial charge < -0.3 is 14.4 Å². The lowest BCUT2D eigenvalue weighted by Gasteiger charge is -2.15. The van der Waals surface area contributed by atoms with Crippen LogP contribution in [0.1, 0.15) is 11.1 Å². The topological polar surface area (TPSA) is 54.9 Å². The van der Waals surface area contributed by atoms with Gasteiger partial charge in [0.1, 0.15) is 24.4 Å². The van der Waals surface area contributed by atoms with Crippen LogP contribution >= 0.6 is 0 Å². The molecule has 0 bridgehead atoms. The fourth-order valence-corrected chi connectivity index (χ4v) is 3.59. The summed E-state index contributed by atoms with van der Waals surface area (Å²) in [5.74, 6) is 0.175. The Balaban J connectivity index is 1.71. The van der Waals surface area contributed by atoms with E-state index >= 15 is 0 Å². The van der Waals surface area contributed by atoms with Crippen molar-refractivity contribution in [2.75, 3.05) is 7.05 Å². The standard InChI is InChI=1S/C24H21NO3/c1-25(15-17-8-4-2-5-9-17)16-19-12-24(27)28-23-14-20(22(26)13-21(19)23)18-10-6-3-7-11-18/h2-14,26H,15-16H2,1H3/p+1. The highest BCUT2D eigenvalue weighted by molar-refractivity contribution is 5.88. The minimum absolute atomic E-state index is 0.175. The molecular formula is C24H22NO3+. The van der Waals surface area contributed by atoms with Gasteiger partial charge in [0, 0.05) is 28.1 Å². The van der Waals surface area contributed by atoms with Crippen LogP contribution < -0.4 is 10.5 Å². The molecule has 1 atom stereocenters. The fraction of sp³-hybridized carbons (Fsp3) is 0.125. The first-order chi connectivity index (χ1) is 13.6. The third-order valence-electron chi connectivity index (χ3n) is 4.87. The maximum Gasteiger partial charge on any atom is 0.336 e. The van der Waals surface area contributed by atoms with Crippen LogP contribution in [0.4, 0.5) is 0 Å². The van der Waals surface area contributed by atoms with E-state index in [1.54, 1.807) is 12.1 Å². The van der Waals surface area contributed by atoms with Crippen LogP contribution in [0.25, 0.3) is 22.1 Å². The van der Waals surface area contributed by atoms with Gasteiger partial charge in [-0.3, -0.25) is 0 Å². The molecule has 4 rings (SSSR count). The van der Waals surface area contributed by atoms with E-state index in [9.17, 15) is 9.90 Å². The van der Waals surface area contributed by atoms with Gasteiger partial charge in [-0.15, -0.1) is 0 Å². The van der Waals surface area contributed by atoms with Crippen LogP contribution in [-0.4, -0.2) is 12.2 Å². The molecule has 1 aromatic heterocycles. The van der Waals surface area contributed by atoms with Crippen molar-refractivity contribution >= 4 is 11.0 Å². The second-order valence-electron chi connectivity index (χ2n) is 7.12. The molecule has 0 aliphatic heterocycles. The maximum absolute atomic E-state index is 12.1. The second-order valence-corrected chi connectivity index (χ2v) is 7.12. The Hall–Kier alpha value is -3.37. The maximum atomic E-state index is 12.1. The summed E-state index contributed by atoms with van der Waals surface area (Å²) in [5.41, 5.74) is 3.75. The Morgan fingerprint density at radius 1 is 0.893 bits per heavy atom. The molecule has 0 aliphatic rings. The summed E-state index contributed by atoms with van der Waals surface area (Å²) in [6.45, 7) is 1.50. The Kier molecular flexibility index (Phi) is 4.96. The molecule has 2 N–H and O–H groups in total. The zero-order chi connectivity index (χ0) is 19.5. The SMILES string of the molecule is C[NH+](Cc1ccccc1)Cc1cc(=O)oc2cc(-c3ccccc3)c(O)cc12. The second kappa shape index (κ2) is 7.71. The van der Waals surface area contributed by atoms with Crippen molar-refractivity contribution in [3.05, 3.63) is 100 Å². The number of benzene rings is 3. The summed E-state index contributed by atoms with van der Waals surface area (Å²) in [6.07, 6.45) is 0. The molecule has 140 valence electrons. The molecule has 0 fully saturated rings. The van der Waals surface area contributed by atoms with Crippen molar-refractivity contribution in [3.63, 3.8) is 0 Å². The summed E-state index contributed by atoms with van der Waals surface area (Å²) >= 11 is 0. The van der Waals surface area contributed by atoms with Gasteiger partial charge in [0.25, 0.3) is 0 Å². The van der Waals surface area contributed by atoms with E-state index in [1.807, 2.05) is 48.5 Å². The molecule has 0 amide bonds. The zero-order valence-electron chi connectivity index (χ0n) is 15.7. The van der Waals surface area contributed by atoms with Gasteiger partial charge in [-0.05, 0) is 17.7 Å². The number of hydrogen-bond acceptors (Lipinski definition) is 3. The summed E-state index contributed by atoms with van der Waals surface area (Å²) in [4.78, 5) is 13.4. The van der Waals surface area contributed by atoms with Crippen LogP contribution in [0.5, 0.6) is 5.75 Å². The van der Waals surface area contributed by atoms with Gasteiger partial charge in [0.15, 0.2) is 0 Å². The zero-order valence-corrected chi connectivity index (χ0v) is 15.7. The number of fused-ring (bicyclic) bond motifs is 1. The van der Waals surface area contributed by atoms with Gasteiger partial charge in [-0.25, -0.2) is 4.79 Å². The van der Waals surface area contributed by atoms with E-state index < -0.39 is 0 Å². The van der Waals surface area contributed by atoms with Crippen molar-refractivity contribution in [3.8, 4) is 16.9 Å². The average Bonchev–Trinajstić information content (AvgIpc) is 2.69. The van der Waals surface area contributed by atoms with Crippen molar-refractivity contribution in [1.29, 1.82) is 0 Å². The van der Waals surface area contributed by atoms with Gasteiger partial charge >= 0.3 is 5.63 Å². The number of quaternary nitrogens is 1. The molecule has 4 aromatic rings. The number of aromatic hydroxyl groups is 1. The van der Waals surface area contributed by atoms with Crippen molar-refractivity contribution in [1.82, 2.24) is 0 Å². The fourth-order valence-electron chi connectivity index (χ4n) is 3.59. The predicted molar refractivity (Wildman–Crippen MR) is 110 cm³/mol. The lowest BCUT2D eigenvalue weighted by Crippen LogP contribution is -3.06. The highest BCUT2D eigenvalue weighted by atomic mass is 16.4. The smallest absolute Gasteiger partial charge is 0.336 e. The first-order valence-corrected chi connectivity index (χ1v) is 9.30. The monoisotopic (exact) mass is 372 g/mol. The van der Waals surface area contributed by atoms with Gasteiger partial charge in [0.05, 0.1) is 7.05 Å². The van der Waals surface area contributed by atoms with Crippen LogP contribution in [0.15, 0.2) is 88.1 Å². The molecule has 1 unspecified atom stereocenters. The number of hydrogen-bond donors (Lipinski definition) is 2. The summed E-state index contributed by atoms with van der Waals surface area (Å²) in [5, 5.41) is 11.4. The van der Waals surface area contributed by atoms with E-state index in [4.69, 9.17) is 4.42 Å². The Morgan fingerprint density at radius 3 is 2.29 bits per heavy atom. The first-order valence-electron chi connectivity index (χ1n) is 9.30. The molecular weight excluding hydrogens is 350 g/mol. The van der Waals surface area contributed by atoms with Crippen LogP contribution in [0, 0.1) is 0 Å². The van der Waals surface area contributed by atoms with E-state index in [0.717, 1.165) is 23.1 Å². The van der Waals surface area contributed by atoms with Crippen molar-refractivity contribution in [2.45, 2.75) is 13.1 Å². The molecule has 3 aromatic carbocycles. The minimum atomic E-state index is -0.375. The predicted octanol–water partition coefficient (Wildman–Crippen LogP) is 3.38. The Morgan fingerprint density at radius 2 is 1.57 bits per heavy atom. The quantitative estimate of drug-likeness (QED) is 0.528. The number of phenols is 1. The lowest BCUT2D eigenvalue weighted by atomic mass is 10.0. The average molecular weight is 372 g/mol. The largest absolute Gasteiger partial charge is 0.507 e. The minimum Gasteiger partial charge on any atom is -0.507 e. The number of phenolic OH excluding ortho intramolecular Hbond substituents is 1. The van der Waals surface area contributed by atoms with E-state index in [2.05, 4.69) is 19.2 Å². The Labute approximate surface area is 163 Å². The van der Waals surface area contributed by atoms with Gasteiger partial charge in [-0.2, -0.15) is 0 Å². The number of nitrogens with one attached hydrogen (secondary N) is 1. The van der Waals surface area contributed by atoms with Crippen LogP contribution in [0.2, 0.25) is 0 Å². The van der Waals surface area contributed by atoms with Gasteiger partial charge in [0.2, 0.25) is 0 Å². The first kappa shape index (κ1) is 18.0. The summed E-state index contributed by atoms with van der Waals surface area (Å²) in [7, 11) is 2.09. The third kappa shape index (κ3) is 3.82. The van der Waals surface area contributed by atoms with Crippen molar-refractivity contribution < 1.29 is 14.4 Å². The molecule has 4 nitrogen and oxygen atoms in total. The molecule has 4 heteroatoms. The van der Waals surface area contributed by atoms with E-state index in [1.165, 1.54) is 16.5 Å². The molecule has 0 radical (unpaired) electrons. The lowest BCUT2D eigenvalue weighted by molar-refractivity contribution is -0.907. The third-order valence-corrected chi connectivity index (χ3v) is 4.87. The summed E-state index contributed by atoms with van der Waals surface area (Å²) in [6, 6.07) is 24.8. The molecule has 28 heavy (non-hydrogen) atoms. The molecule has 0 aliphatic carbocycles. The molecule has 1 heterocycles. The number of rotatable bonds is 5. The van der Waals surface area contributed by atoms with Gasteiger partial charge in [-0.1, -0.05) is 60.7 Å². The van der Waals surface area contributed by atoms with Crippen LogP contribution in [-0.2, 0) is 13.1 Å². The van der Waals surface area contributed by atoms with E-state index in [0.29, 0.717) is 17.7 Å². The van der Waals surface area contributed by atoms with Crippen LogP contribution in [0.3, 0.4) is 0 Å².